The van der Waals surface area contributed by atoms with E-state index in [1.165, 1.54) is 16.5 Å². The lowest BCUT2D eigenvalue weighted by Crippen LogP contribution is -2.38. The minimum Gasteiger partial charge on any atom is -0.386 e. The summed E-state index contributed by atoms with van der Waals surface area (Å²) in [5.74, 6) is 0.725. The number of para-hydroxylation sites is 1. The van der Waals surface area contributed by atoms with E-state index in [2.05, 4.69) is 45.0 Å². The van der Waals surface area contributed by atoms with Crippen molar-refractivity contribution in [2.45, 2.75) is 26.4 Å². The van der Waals surface area contributed by atoms with Gasteiger partial charge in [0.05, 0.1) is 12.6 Å². The van der Waals surface area contributed by atoms with E-state index >= 15 is 0 Å². The van der Waals surface area contributed by atoms with Crippen molar-refractivity contribution in [3.05, 3.63) is 71.4 Å². The van der Waals surface area contributed by atoms with Crippen molar-refractivity contribution in [2.24, 2.45) is 4.99 Å². The molecule has 0 aliphatic heterocycles. The predicted molar refractivity (Wildman–Crippen MR) is 128 cm³/mol. The largest absolute Gasteiger partial charge is 0.386 e. The highest BCUT2D eigenvalue weighted by Crippen LogP contribution is 2.17. The van der Waals surface area contributed by atoms with Gasteiger partial charge in [0.25, 0.3) is 0 Å². The van der Waals surface area contributed by atoms with Crippen molar-refractivity contribution in [2.75, 3.05) is 19.6 Å². The molecule has 6 heteroatoms. The lowest BCUT2D eigenvalue weighted by atomic mass is 10.1. The molecular formula is C22H29IN4O. The Bertz CT molecular complexity index is 889. The van der Waals surface area contributed by atoms with Gasteiger partial charge in [-0.1, -0.05) is 48.0 Å². The molecule has 150 valence electrons. The first-order valence-corrected chi connectivity index (χ1v) is 9.49. The molecule has 1 unspecified atom stereocenters. The van der Waals surface area contributed by atoms with Crippen LogP contribution in [0, 0.1) is 6.92 Å². The van der Waals surface area contributed by atoms with E-state index in [1.807, 2.05) is 44.2 Å². The fraction of sp³-hybridized carbons (Fsp3) is 0.318. The summed E-state index contributed by atoms with van der Waals surface area (Å²) in [6.45, 7) is 5.95. The predicted octanol–water partition coefficient (Wildman–Crippen LogP) is 3.93. The van der Waals surface area contributed by atoms with Crippen LogP contribution in [0.1, 0.15) is 29.7 Å². The number of nitrogens with one attached hydrogen (secondary N) is 3. The van der Waals surface area contributed by atoms with Gasteiger partial charge in [0.1, 0.15) is 0 Å². The number of fused-ring (bicyclic) bond motifs is 1. The van der Waals surface area contributed by atoms with Gasteiger partial charge in [-0.3, -0.25) is 4.99 Å². The smallest absolute Gasteiger partial charge is 0.191 e. The molecule has 0 aliphatic rings. The molecule has 0 fully saturated rings. The number of aliphatic imine (C=N–C) groups is 1. The SMILES string of the molecule is CCNC(=NCC(O)c1ccc(C)cc1)NCCc1c[nH]c2ccccc12.I. The second kappa shape index (κ2) is 11.1. The Kier molecular flexibility index (Phi) is 8.79. The van der Waals surface area contributed by atoms with Crippen LogP contribution in [-0.2, 0) is 6.42 Å². The number of halogens is 1. The summed E-state index contributed by atoms with van der Waals surface area (Å²) in [6.07, 6.45) is 2.36. The lowest BCUT2D eigenvalue weighted by molar-refractivity contribution is 0.187. The van der Waals surface area contributed by atoms with E-state index in [0.29, 0.717) is 6.54 Å². The Morgan fingerprint density at radius 1 is 1.11 bits per heavy atom. The van der Waals surface area contributed by atoms with Crippen LogP contribution in [0.3, 0.4) is 0 Å². The van der Waals surface area contributed by atoms with Gasteiger partial charge in [0.2, 0.25) is 0 Å². The van der Waals surface area contributed by atoms with E-state index in [9.17, 15) is 5.11 Å². The van der Waals surface area contributed by atoms with Crippen LogP contribution in [0.4, 0.5) is 0 Å². The van der Waals surface area contributed by atoms with E-state index in [-0.39, 0.29) is 24.0 Å². The third-order valence-electron chi connectivity index (χ3n) is 4.59. The fourth-order valence-corrected chi connectivity index (χ4v) is 3.07. The van der Waals surface area contributed by atoms with E-state index < -0.39 is 6.10 Å². The Morgan fingerprint density at radius 3 is 2.61 bits per heavy atom. The van der Waals surface area contributed by atoms with Crippen molar-refractivity contribution in [3.8, 4) is 0 Å². The first-order chi connectivity index (χ1) is 13.2. The average Bonchev–Trinajstić information content (AvgIpc) is 3.09. The second-order valence-corrected chi connectivity index (χ2v) is 6.68. The van der Waals surface area contributed by atoms with E-state index in [0.717, 1.165) is 36.6 Å². The first kappa shape index (κ1) is 22.2. The topological polar surface area (TPSA) is 72.4 Å². The molecule has 28 heavy (non-hydrogen) atoms. The number of guanidine groups is 1. The maximum Gasteiger partial charge on any atom is 0.191 e. The molecule has 1 atom stereocenters. The molecule has 4 N–H and O–H groups in total. The number of hydrogen-bond acceptors (Lipinski definition) is 2. The second-order valence-electron chi connectivity index (χ2n) is 6.68. The summed E-state index contributed by atoms with van der Waals surface area (Å²) < 4.78 is 0. The van der Waals surface area contributed by atoms with Gasteiger partial charge in [-0.2, -0.15) is 0 Å². The van der Waals surface area contributed by atoms with Gasteiger partial charge >= 0.3 is 0 Å². The molecule has 2 aromatic carbocycles. The third kappa shape index (κ3) is 5.97. The molecule has 0 bridgehead atoms. The highest BCUT2D eigenvalue weighted by Gasteiger charge is 2.08. The third-order valence-corrected chi connectivity index (χ3v) is 4.59. The molecule has 3 aromatic rings. The first-order valence-electron chi connectivity index (χ1n) is 9.49. The minimum atomic E-state index is -0.602. The summed E-state index contributed by atoms with van der Waals surface area (Å²) in [5, 5.41) is 18.2. The van der Waals surface area contributed by atoms with Crippen molar-refractivity contribution < 1.29 is 5.11 Å². The van der Waals surface area contributed by atoms with E-state index in [4.69, 9.17) is 0 Å². The van der Waals surface area contributed by atoms with Crippen LogP contribution < -0.4 is 10.6 Å². The molecule has 1 heterocycles. The number of aliphatic hydroxyl groups excluding tert-OH is 1. The molecule has 0 amide bonds. The Balaban J connectivity index is 0.00000280. The quantitative estimate of drug-likeness (QED) is 0.230. The van der Waals surface area contributed by atoms with Crippen LogP contribution in [0.15, 0.2) is 59.7 Å². The fourth-order valence-electron chi connectivity index (χ4n) is 3.07. The molecule has 0 spiro atoms. The number of hydrogen-bond donors (Lipinski definition) is 4. The zero-order valence-electron chi connectivity index (χ0n) is 16.4. The van der Waals surface area contributed by atoms with Crippen molar-refractivity contribution in [1.82, 2.24) is 15.6 Å². The summed E-state index contributed by atoms with van der Waals surface area (Å²) in [4.78, 5) is 7.84. The average molecular weight is 492 g/mol. The van der Waals surface area contributed by atoms with Crippen LogP contribution in [0.5, 0.6) is 0 Å². The maximum atomic E-state index is 10.4. The highest BCUT2D eigenvalue weighted by molar-refractivity contribution is 14.0. The highest BCUT2D eigenvalue weighted by atomic mass is 127. The number of rotatable bonds is 7. The maximum absolute atomic E-state index is 10.4. The molecular weight excluding hydrogens is 463 g/mol. The van der Waals surface area contributed by atoms with Crippen LogP contribution in [-0.4, -0.2) is 35.7 Å². The molecule has 0 saturated heterocycles. The van der Waals surface area contributed by atoms with Gasteiger partial charge in [-0.25, -0.2) is 0 Å². The Morgan fingerprint density at radius 2 is 1.86 bits per heavy atom. The number of aliphatic hydroxyl groups is 1. The van der Waals surface area contributed by atoms with Gasteiger partial charge in [0.15, 0.2) is 5.96 Å². The summed E-state index contributed by atoms with van der Waals surface area (Å²) in [7, 11) is 0. The van der Waals surface area contributed by atoms with Gasteiger partial charge < -0.3 is 20.7 Å². The monoisotopic (exact) mass is 492 g/mol. The normalized spacial score (nSPS) is 12.5. The van der Waals surface area contributed by atoms with Gasteiger partial charge in [0, 0.05) is 30.2 Å². The zero-order chi connectivity index (χ0) is 19.1. The van der Waals surface area contributed by atoms with Gasteiger partial charge in [-0.05, 0) is 37.5 Å². The molecule has 0 aliphatic carbocycles. The lowest BCUT2D eigenvalue weighted by Gasteiger charge is -2.13. The summed E-state index contributed by atoms with van der Waals surface area (Å²) in [6, 6.07) is 16.2. The Labute approximate surface area is 183 Å². The number of aromatic nitrogens is 1. The van der Waals surface area contributed by atoms with E-state index in [1.54, 1.807) is 0 Å². The van der Waals surface area contributed by atoms with Crippen LogP contribution in [0.2, 0.25) is 0 Å². The van der Waals surface area contributed by atoms with Crippen molar-refractivity contribution in [3.63, 3.8) is 0 Å². The number of aromatic amines is 1. The van der Waals surface area contributed by atoms with Gasteiger partial charge in [-0.15, -0.1) is 24.0 Å². The van der Waals surface area contributed by atoms with Crippen molar-refractivity contribution in [1.29, 1.82) is 0 Å². The number of H-pyrrole nitrogens is 1. The number of nitrogens with zero attached hydrogens (tertiary/aromatic N) is 1. The van der Waals surface area contributed by atoms with Crippen LogP contribution in [0.25, 0.3) is 10.9 Å². The summed E-state index contributed by atoms with van der Waals surface area (Å²) >= 11 is 0. The number of aryl methyl sites for hydroxylation is 1. The summed E-state index contributed by atoms with van der Waals surface area (Å²) in [5.41, 5.74) is 4.52. The molecule has 0 radical (unpaired) electrons. The molecule has 0 saturated carbocycles. The zero-order valence-corrected chi connectivity index (χ0v) is 18.7. The minimum absolute atomic E-state index is 0. The Hall–Kier alpha value is -2.06. The van der Waals surface area contributed by atoms with Crippen molar-refractivity contribution >= 4 is 40.8 Å². The molecule has 1 aromatic heterocycles. The van der Waals surface area contributed by atoms with Crippen LogP contribution >= 0.6 is 24.0 Å². The molecule has 3 rings (SSSR count). The molecule has 5 nitrogen and oxygen atoms in total. The number of benzene rings is 2. The standard InChI is InChI=1S/C22H28N4O.HI/c1-3-23-22(26-15-21(27)17-10-8-16(2)9-11-17)24-13-12-18-14-25-20-7-5-4-6-19(18)20;/h4-11,14,21,25,27H,3,12-13,15H2,1-2H3,(H2,23,24,26);1H.